The Kier molecular flexibility index (Phi) is 1.65. The maximum Gasteiger partial charge on any atom is 0.0844 e. The number of nitrogens with zero attached hydrogens (tertiary/aromatic N) is 1. The number of rotatable bonds is 0. The van der Waals surface area contributed by atoms with Gasteiger partial charge in [-0.1, -0.05) is 0 Å². The maximum absolute atomic E-state index is 3.41. The number of aromatic amines is 1. The summed E-state index contributed by atoms with van der Waals surface area (Å²) in [5, 5.41) is 2.04. The Balaban J connectivity index is 2.43. The van der Waals surface area contributed by atoms with Gasteiger partial charge >= 0.3 is 0 Å². The predicted molar refractivity (Wildman–Crippen MR) is 48.6 cm³/mol. The molecule has 4 heteroatoms. The second kappa shape index (κ2) is 2.53. The first-order chi connectivity index (χ1) is 5.27. The van der Waals surface area contributed by atoms with Crippen molar-refractivity contribution in [2.75, 3.05) is 18.6 Å². The Morgan fingerprint density at radius 3 is 3.18 bits per heavy atom. The van der Waals surface area contributed by atoms with Gasteiger partial charge in [-0.15, -0.1) is 0 Å². The molecule has 1 aromatic heterocycles. The lowest BCUT2D eigenvalue weighted by Gasteiger charge is -2.25. The van der Waals surface area contributed by atoms with E-state index in [0.29, 0.717) is 0 Å². The summed E-state index contributed by atoms with van der Waals surface area (Å²) in [7, 11) is 2.03. The lowest BCUT2D eigenvalue weighted by molar-refractivity contribution is 0.636. The quantitative estimate of drug-likeness (QED) is 0.684. The van der Waals surface area contributed by atoms with Crippen molar-refractivity contribution >= 4 is 21.6 Å². The molecule has 0 aliphatic carbocycles. The van der Waals surface area contributed by atoms with Crippen LogP contribution < -0.4 is 10.4 Å². The largest absolute Gasteiger partial charge is 0.351 e. The molecule has 2 N–H and O–H groups in total. The molecule has 2 rings (SSSR count). The van der Waals surface area contributed by atoms with E-state index >= 15 is 0 Å². The summed E-state index contributed by atoms with van der Waals surface area (Å²) in [5.74, 6) is 0. The van der Waals surface area contributed by atoms with E-state index in [1.807, 2.05) is 12.1 Å². The molecule has 0 fully saturated rings. The van der Waals surface area contributed by atoms with Gasteiger partial charge in [-0.25, -0.2) is 5.43 Å². The van der Waals surface area contributed by atoms with Gasteiger partial charge < -0.3 is 9.99 Å². The zero-order valence-corrected chi connectivity index (χ0v) is 7.90. The smallest absolute Gasteiger partial charge is 0.0844 e. The molecule has 1 aromatic rings. The van der Waals surface area contributed by atoms with Crippen LogP contribution in [-0.4, -0.2) is 18.6 Å². The molecule has 2 heterocycles. The molecular weight excluding hydrogens is 206 g/mol. The summed E-state index contributed by atoms with van der Waals surface area (Å²) in [6.45, 7) is 1.01. The van der Waals surface area contributed by atoms with Crippen molar-refractivity contribution in [3.63, 3.8) is 0 Å². The third kappa shape index (κ3) is 1.16. The minimum absolute atomic E-state index is 1.01. The van der Waals surface area contributed by atoms with Crippen molar-refractivity contribution in [3.8, 4) is 0 Å². The SMILES string of the molecule is CN1NCCc2[nH]c(Br)cc21. The second-order valence-corrected chi connectivity index (χ2v) is 3.55. The van der Waals surface area contributed by atoms with Crippen molar-refractivity contribution in [2.24, 2.45) is 0 Å². The normalized spacial score (nSPS) is 16.7. The Bertz CT molecular complexity index is 269. The van der Waals surface area contributed by atoms with Gasteiger partial charge in [0.25, 0.3) is 0 Å². The van der Waals surface area contributed by atoms with Crippen LogP contribution in [0.5, 0.6) is 0 Å². The van der Waals surface area contributed by atoms with Gasteiger partial charge in [0.15, 0.2) is 0 Å². The van der Waals surface area contributed by atoms with E-state index in [9.17, 15) is 0 Å². The van der Waals surface area contributed by atoms with Crippen LogP contribution in [0.25, 0.3) is 0 Å². The Hall–Kier alpha value is -0.480. The fraction of sp³-hybridized carbons (Fsp3) is 0.429. The van der Waals surface area contributed by atoms with E-state index in [2.05, 4.69) is 32.4 Å². The number of hydrogen-bond acceptors (Lipinski definition) is 2. The third-order valence-electron chi connectivity index (χ3n) is 1.93. The molecular formula is C7H10BrN3. The average molecular weight is 216 g/mol. The molecule has 0 radical (unpaired) electrons. The van der Waals surface area contributed by atoms with E-state index < -0.39 is 0 Å². The second-order valence-electron chi connectivity index (χ2n) is 2.70. The molecule has 11 heavy (non-hydrogen) atoms. The number of aromatic nitrogens is 1. The number of nitrogens with one attached hydrogen (secondary N) is 2. The van der Waals surface area contributed by atoms with E-state index in [1.54, 1.807) is 0 Å². The number of halogens is 1. The first kappa shape index (κ1) is 7.18. The van der Waals surface area contributed by atoms with Crippen LogP contribution in [0.2, 0.25) is 0 Å². The highest BCUT2D eigenvalue weighted by atomic mass is 79.9. The summed E-state index contributed by atoms with van der Waals surface area (Å²) in [4.78, 5) is 3.26. The molecule has 3 nitrogen and oxygen atoms in total. The number of fused-ring (bicyclic) bond motifs is 1. The number of hydrogen-bond donors (Lipinski definition) is 2. The molecule has 0 saturated carbocycles. The van der Waals surface area contributed by atoms with Gasteiger partial charge in [-0.3, -0.25) is 0 Å². The summed E-state index contributed by atoms with van der Waals surface area (Å²) in [6, 6.07) is 2.08. The summed E-state index contributed by atoms with van der Waals surface area (Å²) >= 11 is 3.41. The molecule has 0 aromatic carbocycles. The highest BCUT2D eigenvalue weighted by molar-refractivity contribution is 9.10. The van der Waals surface area contributed by atoms with E-state index in [0.717, 1.165) is 17.6 Å². The van der Waals surface area contributed by atoms with Gasteiger partial charge in [-0.2, -0.15) is 0 Å². The fourth-order valence-corrected chi connectivity index (χ4v) is 1.83. The molecule has 0 unspecified atom stereocenters. The van der Waals surface area contributed by atoms with Crippen LogP contribution in [0.1, 0.15) is 5.69 Å². The minimum atomic E-state index is 1.01. The van der Waals surface area contributed by atoms with Gasteiger partial charge in [0.2, 0.25) is 0 Å². The summed E-state index contributed by atoms with van der Waals surface area (Å²) in [6.07, 6.45) is 1.07. The van der Waals surface area contributed by atoms with Crippen LogP contribution in [-0.2, 0) is 6.42 Å². The zero-order chi connectivity index (χ0) is 7.84. The highest BCUT2D eigenvalue weighted by Gasteiger charge is 2.14. The van der Waals surface area contributed by atoms with Crippen LogP contribution in [0, 0.1) is 0 Å². The van der Waals surface area contributed by atoms with E-state index in [1.165, 1.54) is 11.4 Å². The Labute approximate surface area is 73.9 Å². The van der Waals surface area contributed by atoms with Crippen molar-refractivity contribution in [3.05, 3.63) is 16.4 Å². The third-order valence-corrected chi connectivity index (χ3v) is 2.36. The monoisotopic (exact) mass is 215 g/mol. The minimum Gasteiger partial charge on any atom is -0.351 e. The van der Waals surface area contributed by atoms with Crippen LogP contribution in [0.4, 0.5) is 5.69 Å². The lowest BCUT2D eigenvalue weighted by Crippen LogP contribution is -2.39. The molecule has 1 aliphatic rings. The predicted octanol–water partition coefficient (Wildman–Crippen LogP) is 1.27. The molecule has 1 aliphatic heterocycles. The van der Waals surface area contributed by atoms with Gasteiger partial charge in [0.05, 0.1) is 10.3 Å². The molecule has 0 bridgehead atoms. The maximum atomic E-state index is 3.41. The van der Waals surface area contributed by atoms with Crippen LogP contribution in [0.3, 0.4) is 0 Å². The van der Waals surface area contributed by atoms with E-state index in [-0.39, 0.29) is 0 Å². The number of anilines is 1. The van der Waals surface area contributed by atoms with Crippen molar-refractivity contribution in [1.29, 1.82) is 0 Å². The van der Waals surface area contributed by atoms with Gasteiger partial charge in [0, 0.05) is 25.7 Å². The first-order valence-corrected chi connectivity index (χ1v) is 4.41. The zero-order valence-electron chi connectivity index (χ0n) is 6.32. The molecule has 0 saturated heterocycles. The molecule has 60 valence electrons. The average Bonchev–Trinajstić information content (AvgIpc) is 2.31. The fourth-order valence-electron chi connectivity index (χ4n) is 1.38. The lowest BCUT2D eigenvalue weighted by atomic mass is 10.2. The van der Waals surface area contributed by atoms with Crippen molar-refractivity contribution in [1.82, 2.24) is 10.4 Å². The first-order valence-electron chi connectivity index (χ1n) is 3.62. The topological polar surface area (TPSA) is 31.1 Å². The Morgan fingerprint density at radius 1 is 1.64 bits per heavy atom. The van der Waals surface area contributed by atoms with Gasteiger partial charge in [0.1, 0.15) is 0 Å². The summed E-state index contributed by atoms with van der Waals surface area (Å²) < 4.78 is 1.05. The standard InChI is InChI=1S/C7H10BrN3/c1-11-6-4-7(8)10-5(6)2-3-9-11/h4,9-10H,2-3H2,1H3. The number of H-pyrrole nitrogens is 1. The number of hydrazine groups is 1. The Morgan fingerprint density at radius 2 is 2.45 bits per heavy atom. The van der Waals surface area contributed by atoms with Crippen LogP contribution >= 0.6 is 15.9 Å². The van der Waals surface area contributed by atoms with E-state index in [4.69, 9.17) is 0 Å². The van der Waals surface area contributed by atoms with Crippen molar-refractivity contribution in [2.45, 2.75) is 6.42 Å². The van der Waals surface area contributed by atoms with Crippen molar-refractivity contribution < 1.29 is 0 Å². The van der Waals surface area contributed by atoms with Gasteiger partial charge in [-0.05, 0) is 22.0 Å². The molecule has 0 atom stereocenters. The highest BCUT2D eigenvalue weighted by Crippen LogP contribution is 2.25. The summed E-state index contributed by atoms with van der Waals surface area (Å²) in [5.41, 5.74) is 5.79. The molecule has 0 amide bonds. The van der Waals surface area contributed by atoms with Crippen LogP contribution in [0.15, 0.2) is 10.7 Å². The molecule has 0 spiro atoms.